The van der Waals surface area contributed by atoms with Crippen molar-refractivity contribution in [1.82, 2.24) is 5.32 Å². The molecule has 1 aliphatic carbocycles. The van der Waals surface area contributed by atoms with Crippen LogP contribution in [0.25, 0.3) is 0 Å². The highest BCUT2D eigenvalue weighted by molar-refractivity contribution is 9.10. The van der Waals surface area contributed by atoms with Crippen molar-refractivity contribution in [2.75, 3.05) is 0 Å². The minimum Gasteiger partial charge on any atom is -0.457 e. The molecule has 1 aliphatic rings. The van der Waals surface area contributed by atoms with E-state index in [1.165, 1.54) is 18.4 Å². The molecule has 1 fully saturated rings. The number of hydrogen-bond donors (Lipinski definition) is 1. The lowest BCUT2D eigenvalue weighted by atomic mass is 10.2. The van der Waals surface area contributed by atoms with Crippen LogP contribution >= 0.6 is 31.9 Å². The Morgan fingerprint density at radius 1 is 1.05 bits per heavy atom. The van der Waals surface area contributed by atoms with Gasteiger partial charge in [-0.2, -0.15) is 0 Å². The fraction of sp³-hybridized carbons (Fsp3) is 0.294. The van der Waals surface area contributed by atoms with E-state index in [9.17, 15) is 0 Å². The van der Waals surface area contributed by atoms with Crippen LogP contribution in [0.4, 0.5) is 0 Å². The van der Waals surface area contributed by atoms with Crippen LogP contribution in [0.15, 0.2) is 45.3 Å². The fourth-order valence-corrected chi connectivity index (χ4v) is 3.06. The lowest BCUT2D eigenvalue weighted by Gasteiger charge is -2.14. The molecule has 0 spiro atoms. The molecule has 0 saturated heterocycles. The van der Waals surface area contributed by atoms with Crippen molar-refractivity contribution in [2.24, 2.45) is 0 Å². The van der Waals surface area contributed by atoms with E-state index in [1.807, 2.05) is 24.3 Å². The molecule has 0 atom stereocenters. The molecule has 4 heteroatoms. The van der Waals surface area contributed by atoms with Gasteiger partial charge < -0.3 is 10.1 Å². The van der Waals surface area contributed by atoms with E-state index in [0.717, 1.165) is 32.6 Å². The smallest absolute Gasteiger partial charge is 0.132 e. The van der Waals surface area contributed by atoms with Crippen LogP contribution < -0.4 is 10.1 Å². The molecule has 0 bridgehead atoms. The SMILES string of the molecule is Cc1cc(Br)ccc1Oc1ccc(Br)cc1CNC1CC1. The molecule has 0 amide bonds. The third-order valence-corrected chi connectivity index (χ3v) is 4.52. The maximum Gasteiger partial charge on any atom is 0.132 e. The van der Waals surface area contributed by atoms with Crippen LogP contribution in [0.1, 0.15) is 24.0 Å². The van der Waals surface area contributed by atoms with Crippen LogP contribution in [0.5, 0.6) is 11.5 Å². The maximum absolute atomic E-state index is 6.12. The second-order valence-corrected chi connectivity index (χ2v) is 7.25. The molecule has 0 radical (unpaired) electrons. The minimum atomic E-state index is 0.686. The van der Waals surface area contributed by atoms with Crippen LogP contribution in [-0.2, 0) is 6.54 Å². The molecule has 1 N–H and O–H groups in total. The third-order valence-electron chi connectivity index (χ3n) is 3.54. The molecule has 0 aromatic heterocycles. The summed E-state index contributed by atoms with van der Waals surface area (Å²) in [6.45, 7) is 2.90. The van der Waals surface area contributed by atoms with E-state index in [-0.39, 0.29) is 0 Å². The first-order valence-electron chi connectivity index (χ1n) is 7.07. The van der Waals surface area contributed by atoms with Gasteiger partial charge in [-0.15, -0.1) is 0 Å². The van der Waals surface area contributed by atoms with Crippen molar-refractivity contribution in [3.05, 3.63) is 56.5 Å². The summed E-state index contributed by atoms with van der Waals surface area (Å²) < 4.78 is 8.27. The highest BCUT2D eigenvalue weighted by Crippen LogP contribution is 2.32. The van der Waals surface area contributed by atoms with Gasteiger partial charge in [-0.25, -0.2) is 0 Å². The molecule has 21 heavy (non-hydrogen) atoms. The zero-order valence-corrected chi connectivity index (χ0v) is 15.0. The molecule has 110 valence electrons. The van der Waals surface area contributed by atoms with Crippen molar-refractivity contribution in [2.45, 2.75) is 32.4 Å². The number of rotatable bonds is 5. The molecule has 1 saturated carbocycles. The standard InChI is InChI=1S/C17H17Br2NO/c1-11-8-13(18)2-6-16(11)21-17-7-3-14(19)9-12(17)10-20-15-4-5-15/h2-3,6-9,15,20H,4-5,10H2,1H3. The average molecular weight is 411 g/mol. The first kappa shape index (κ1) is 15.1. The summed E-state index contributed by atoms with van der Waals surface area (Å²) in [5.41, 5.74) is 2.30. The number of aryl methyl sites for hydroxylation is 1. The van der Waals surface area contributed by atoms with Gasteiger partial charge in [0, 0.05) is 27.1 Å². The third kappa shape index (κ3) is 4.09. The molecule has 2 nitrogen and oxygen atoms in total. The zero-order valence-electron chi connectivity index (χ0n) is 11.8. The van der Waals surface area contributed by atoms with Crippen molar-refractivity contribution in [1.29, 1.82) is 0 Å². The van der Waals surface area contributed by atoms with Gasteiger partial charge in [-0.1, -0.05) is 31.9 Å². The van der Waals surface area contributed by atoms with Crippen LogP contribution in [0.3, 0.4) is 0 Å². The number of ether oxygens (including phenoxy) is 1. The Morgan fingerprint density at radius 2 is 1.71 bits per heavy atom. The number of hydrogen-bond acceptors (Lipinski definition) is 2. The Kier molecular flexibility index (Phi) is 4.67. The molecule has 0 heterocycles. The van der Waals surface area contributed by atoms with Crippen molar-refractivity contribution < 1.29 is 4.74 Å². The highest BCUT2D eigenvalue weighted by atomic mass is 79.9. The molecular formula is C17H17Br2NO. The molecule has 2 aromatic carbocycles. The molecule has 0 aliphatic heterocycles. The van der Waals surface area contributed by atoms with Gasteiger partial charge in [0.15, 0.2) is 0 Å². The van der Waals surface area contributed by atoms with Gasteiger partial charge in [-0.3, -0.25) is 0 Å². The van der Waals surface area contributed by atoms with Crippen molar-refractivity contribution in [3.8, 4) is 11.5 Å². The summed E-state index contributed by atoms with van der Waals surface area (Å²) >= 11 is 7.02. The zero-order chi connectivity index (χ0) is 14.8. The Hall–Kier alpha value is -0.840. The van der Waals surface area contributed by atoms with E-state index in [2.05, 4.69) is 56.2 Å². The average Bonchev–Trinajstić information content (AvgIpc) is 3.26. The van der Waals surface area contributed by atoms with E-state index >= 15 is 0 Å². The second kappa shape index (κ2) is 6.51. The summed E-state index contributed by atoms with van der Waals surface area (Å²) in [4.78, 5) is 0. The van der Waals surface area contributed by atoms with Crippen LogP contribution in [0, 0.1) is 6.92 Å². The largest absolute Gasteiger partial charge is 0.457 e. The summed E-state index contributed by atoms with van der Waals surface area (Å²) in [6.07, 6.45) is 2.58. The predicted molar refractivity (Wildman–Crippen MR) is 93.0 cm³/mol. The van der Waals surface area contributed by atoms with Crippen molar-refractivity contribution >= 4 is 31.9 Å². The summed E-state index contributed by atoms with van der Waals surface area (Å²) in [5, 5.41) is 3.54. The summed E-state index contributed by atoms with van der Waals surface area (Å²) in [6, 6.07) is 12.9. The van der Waals surface area contributed by atoms with Gasteiger partial charge in [0.2, 0.25) is 0 Å². The molecule has 3 rings (SSSR count). The van der Waals surface area contributed by atoms with Gasteiger partial charge in [0.25, 0.3) is 0 Å². The Bertz CT molecular complexity index is 653. The number of benzene rings is 2. The van der Waals surface area contributed by atoms with E-state index in [0.29, 0.717) is 6.04 Å². The molecule has 0 unspecified atom stereocenters. The second-order valence-electron chi connectivity index (χ2n) is 5.42. The predicted octanol–water partition coefficient (Wildman–Crippen LogP) is 5.56. The van der Waals surface area contributed by atoms with Gasteiger partial charge in [-0.05, 0) is 61.7 Å². The quantitative estimate of drug-likeness (QED) is 0.696. The Balaban J connectivity index is 1.82. The van der Waals surface area contributed by atoms with Crippen LogP contribution in [0.2, 0.25) is 0 Å². The number of nitrogens with one attached hydrogen (secondary N) is 1. The normalized spacial score (nSPS) is 14.2. The van der Waals surface area contributed by atoms with Crippen LogP contribution in [-0.4, -0.2) is 6.04 Å². The number of halogens is 2. The van der Waals surface area contributed by atoms with E-state index < -0.39 is 0 Å². The minimum absolute atomic E-state index is 0.686. The van der Waals surface area contributed by atoms with Gasteiger partial charge in [0.1, 0.15) is 11.5 Å². The lowest BCUT2D eigenvalue weighted by Crippen LogP contribution is -2.15. The lowest BCUT2D eigenvalue weighted by molar-refractivity contribution is 0.469. The highest BCUT2D eigenvalue weighted by Gasteiger charge is 2.20. The Labute approximate surface area is 142 Å². The summed E-state index contributed by atoms with van der Waals surface area (Å²) in [5.74, 6) is 1.81. The molecular weight excluding hydrogens is 394 g/mol. The molecule has 2 aromatic rings. The fourth-order valence-electron chi connectivity index (χ4n) is 2.17. The van der Waals surface area contributed by atoms with Gasteiger partial charge >= 0.3 is 0 Å². The van der Waals surface area contributed by atoms with Gasteiger partial charge in [0.05, 0.1) is 0 Å². The monoisotopic (exact) mass is 409 g/mol. The maximum atomic E-state index is 6.12. The first-order valence-corrected chi connectivity index (χ1v) is 8.66. The van der Waals surface area contributed by atoms with E-state index in [1.54, 1.807) is 0 Å². The van der Waals surface area contributed by atoms with E-state index in [4.69, 9.17) is 4.74 Å². The summed E-state index contributed by atoms with van der Waals surface area (Å²) in [7, 11) is 0. The van der Waals surface area contributed by atoms with Crippen molar-refractivity contribution in [3.63, 3.8) is 0 Å². The first-order chi connectivity index (χ1) is 10.1. The Morgan fingerprint density at radius 3 is 2.38 bits per heavy atom. The topological polar surface area (TPSA) is 21.3 Å².